The quantitative estimate of drug-likeness (QED) is 0.0269. The Kier molecular flexibility index (Phi) is 45.9. The third kappa shape index (κ3) is 49.2. The van der Waals surface area contributed by atoms with Crippen LogP contribution in [0, 0.1) is 0 Å². The van der Waals surface area contributed by atoms with Crippen LogP contribution in [0.4, 0.5) is 0 Å². The van der Waals surface area contributed by atoms with Gasteiger partial charge in [0.1, 0.15) is 6.61 Å². The maximum atomic E-state index is 12.5. The summed E-state index contributed by atoms with van der Waals surface area (Å²) in [5.41, 5.74) is 0. The molecule has 8 nitrogen and oxygen atoms in total. The summed E-state index contributed by atoms with van der Waals surface area (Å²) in [5.74, 6) is -0.919. The summed E-state index contributed by atoms with van der Waals surface area (Å²) in [6.45, 7) is 3.71. The molecule has 1 atom stereocenters. The van der Waals surface area contributed by atoms with Gasteiger partial charge in [-0.1, -0.05) is 237 Å². The second-order valence-electron chi connectivity index (χ2n) is 17.5. The molecule has 0 saturated heterocycles. The van der Waals surface area contributed by atoms with Crippen molar-refractivity contribution < 1.29 is 37.9 Å². The number of carbonyl (C=O) groups is 2. The standard InChI is InChI=1S/C51H97O8P/c1-3-5-7-9-11-13-15-17-19-21-23-24-25-26-28-29-31-33-35-37-39-41-43-45-50(52)57-47-49(48-58-60(54,55)56)59-51(53)46-44-42-40-38-36-34-32-30-27-22-20-18-16-14-12-10-8-6-4-2/h29,31,37,39,49H,3-28,30,32-36,38,40-48H2,1-2H3,(H2,54,55,56)/b31-29+,39-37+/t49-/m1/s1. The van der Waals surface area contributed by atoms with Gasteiger partial charge in [0.05, 0.1) is 6.61 Å². The van der Waals surface area contributed by atoms with Crippen LogP contribution < -0.4 is 0 Å². The second-order valence-corrected chi connectivity index (χ2v) is 18.7. The molecule has 0 amide bonds. The van der Waals surface area contributed by atoms with Gasteiger partial charge in [0.2, 0.25) is 0 Å². The van der Waals surface area contributed by atoms with Crippen LogP contribution in [0.15, 0.2) is 24.3 Å². The lowest BCUT2D eigenvalue weighted by Crippen LogP contribution is -2.29. The molecule has 0 aromatic carbocycles. The molecule has 0 aromatic rings. The molecule has 60 heavy (non-hydrogen) atoms. The first-order valence-corrected chi connectivity index (χ1v) is 27.2. The van der Waals surface area contributed by atoms with Gasteiger partial charge in [0.25, 0.3) is 0 Å². The number of ether oxygens (including phenoxy) is 2. The molecule has 0 radical (unpaired) electrons. The summed E-state index contributed by atoms with van der Waals surface area (Å²) in [4.78, 5) is 43.0. The Hall–Kier alpha value is -1.47. The molecule has 0 bridgehead atoms. The fourth-order valence-electron chi connectivity index (χ4n) is 7.63. The molecule has 0 aliphatic heterocycles. The number of unbranched alkanes of at least 4 members (excludes halogenated alkanes) is 34. The van der Waals surface area contributed by atoms with Crippen LogP contribution in [0.1, 0.15) is 271 Å². The van der Waals surface area contributed by atoms with Crippen molar-refractivity contribution in [2.45, 2.75) is 277 Å². The minimum Gasteiger partial charge on any atom is -0.462 e. The SMILES string of the molecule is CCCCCCCCCCCCCCCC/C=C/CC/C=C/CCCC(=O)OC[C@H](COP(=O)(O)O)OC(=O)CCCCCCCCCCCCCCCCCCCCC. The van der Waals surface area contributed by atoms with Crippen molar-refractivity contribution in [3.05, 3.63) is 24.3 Å². The molecule has 0 aromatic heterocycles. The highest BCUT2D eigenvalue weighted by Gasteiger charge is 2.23. The molecule has 0 heterocycles. The third-order valence-corrected chi connectivity index (χ3v) is 11.9. The van der Waals surface area contributed by atoms with Crippen LogP contribution in [0.2, 0.25) is 0 Å². The number of carbonyl (C=O) groups excluding carboxylic acids is 2. The van der Waals surface area contributed by atoms with Crippen molar-refractivity contribution in [3.8, 4) is 0 Å². The molecule has 0 spiro atoms. The van der Waals surface area contributed by atoms with Crippen molar-refractivity contribution in [2.75, 3.05) is 13.2 Å². The molecule has 0 rings (SSSR count). The number of allylic oxidation sites excluding steroid dienone is 4. The van der Waals surface area contributed by atoms with E-state index in [1.165, 1.54) is 186 Å². The van der Waals surface area contributed by atoms with E-state index in [0.29, 0.717) is 12.8 Å². The normalized spacial score (nSPS) is 12.5. The molecule has 0 fully saturated rings. The van der Waals surface area contributed by atoms with Gasteiger partial charge in [-0.2, -0.15) is 0 Å². The summed E-state index contributed by atoms with van der Waals surface area (Å²) < 4.78 is 26.5. The Morgan fingerprint density at radius 1 is 0.417 bits per heavy atom. The molecule has 0 aliphatic carbocycles. The van der Waals surface area contributed by atoms with Crippen LogP contribution in [-0.2, 0) is 28.2 Å². The van der Waals surface area contributed by atoms with Gasteiger partial charge < -0.3 is 19.3 Å². The summed E-state index contributed by atoms with van der Waals surface area (Å²) >= 11 is 0. The highest BCUT2D eigenvalue weighted by Crippen LogP contribution is 2.36. The van der Waals surface area contributed by atoms with E-state index in [-0.39, 0.29) is 19.4 Å². The van der Waals surface area contributed by atoms with Crippen molar-refractivity contribution in [1.82, 2.24) is 0 Å². The predicted molar refractivity (Wildman–Crippen MR) is 253 cm³/mol. The van der Waals surface area contributed by atoms with Gasteiger partial charge in [-0.3, -0.25) is 14.1 Å². The average Bonchev–Trinajstić information content (AvgIpc) is 3.22. The van der Waals surface area contributed by atoms with E-state index in [1.807, 2.05) is 0 Å². The first kappa shape index (κ1) is 58.5. The zero-order chi connectivity index (χ0) is 43.9. The van der Waals surface area contributed by atoms with Gasteiger partial charge in [-0.15, -0.1) is 0 Å². The predicted octanol–water partition coefficient (Wildman–Crippen LogP) is 16.3. The molecule has 9 heteroatoms. The summed E-state index contributed by atoms with van der Waals surface area (Å²) in [6, 6.07) is 0. The van der Waals surface area contributed by atoms with Gasteiger partial charge in [0.15, 0.2) is 6.10 Å². The molecular formula is C51H97O8P. The molecule has 0 unspecified atom stereocenters. The van der Waals surface area contributed by atoms with Gasteiger partial charge in [-0.05, 0) is 44.9 Å². The summed E-state index contributed by atoms with van der Waals surface area (Å²) in [6.07, 6.45) is 56.4. The highest BCUT2D eigenvalue weighted by atomic mass is 31.2. The van der Waals surface area contributed by atoms with Gasteiger partial charge in [-0.25, -0.2) is 4.57 Å². The molecule has 2 N–H and O–H groups in total. The summed E-state index contributed by atoms with van der Waals surface area (Å²) in [7, 11) is -4.76. The Labute approximate surface area is 370 Å². The Morgan fingerprint density at radius 2 is 0.733 bits per heavy atom. The van der Waals surface area contributed by atoms with Crippen LogP contribution in [0.5, 0.6) is 0 Å². The van der Waals surface area contributed by atoms with Crippen LogP contribution >= 0.6 is 7.82 Å². The minimum atomic E-state index is -4.76. The zero-order valence-corrected chi connectivity index (χ0v) is 40.3. The number of phosphoric acid groups is 1. The number of rotatable bonds is 48. The fourth-order valence-corrected chi connectivity index (χ4v) is 7.99. The van der Waals surface area contributed by atoms with E-state index in [0.717, 1.165) is 44.9 Å². The van der Waals surface area contributed by atoms with E-state index >= 15 is 0 Å². The van der Waals surface area contributed by atoms with Crippen molar-refractivity contribution >= 4 is 19.8 Å². The van der Waals surface area contributed by atoms with Crippen molar-refractivity contribution in [3.63, 3.8) is 0 Å². The zero-order valence-electron chi connectivity index (χ0n) is 39.4. The molecule has 0 aliphatic rings. The number of hydrogen-bond acceptors (Lipinski definition) is 6. The average molecular weight is 869 g/mol. The topological polar surface area (TPSA) is 119 Å². The van der Waals surface area contributed by atoms with Gasteiger partial charge in [0, 0.05) is 12.8 Å². The van der Waals surface area contributed by atoms with E-state index in [4.69, 9.17) is 19.3 Å². The van der Waals surface area contributed by atoms with Crippen LogP contribution in [0.3, 0.4) is 0 Å². The first-order chi connectivity index (χ1) is 29.3. The van der Waals surface area contributed by atoms with Crippen molar-refractivity contribution in [2.24, 2.45) is 0 Å². The number of esters is 2. The Balaban J connectivity index is 3.84. The third-order valence-electron chi connectivity index (χ3n) is 11.5. The van der Waals surface area contributed by atoms with E-state index in [1.54, 1.807) is 0 Å². The maximum absolute atomic E-state index is 12.5. The smallest absolute Gasteiger partial charge is 0.462 e. The minimum absolute atomic E-state index is 0.209. The molecule has 0 saturated carbocycles. The van der Waals surface area contributed by atoms with Crippen LogP contribution in [-0.4, -0.2) is 41.0 Å². The number of phosphoric ester groups is 1. The molecule has 354 valence electrons. The van der Waals surface area contributed by atoms with Crippen LogP contribution in [0.25, 0.3) is 0 Å². The maximum Gasteiger partial charge on any atom is 0.469 e. The summed E-state index contributed by atoms with van der Waals surface area (Å²) in [5, 5.41) is 0. The second kappa shape index (κ2) is 47.0. The van der Waals surface area contributed by atoms with Gasteiger partial charge >= 0.3 is 19.8 Å². The lowest BCUT2D eigenvalue weighted by Gasteiger charge is -2.18. The van der Waals surface area contributed by atoms with E-state index < -0.39 is 32.5 Å². The highest BCUT2D eigenvalue weighted by molar-refractivity contribution is 7.46. The number of hydrogen-bond donors (Lipinski definition) is 2. The van der Waals surface area contributed by atoms with Crippen molar-refractivity contribution in [1.29, 1.82) is 0 Å². The Morgan fingerprint density at radius 3 is 1.12 bits per heavy atom. The largest absolute Gasteiger partial charge is 0.469 e. The lowest BCUT2D eigenvalue weighted by molar-refractivity contribution is -0.161. The van der Waals surface area contributed by atoms with E-state index in [2.05, 4.69) is 42.7 Å². The lowest BCUT2D eigenvalue weighted by atomic mass is 10.0. The van der Waals surface area contributed by atoms with E-state index in [9.17, 15) is 14.2 Å². The monoisotopic (exact) mass is 869 g/mol. The first-order valence-electron chi connectivity index (χ1n) is 25.6. The molecular weight excluding hydrogens is 772 g/mol. The Bertz CT molecular complexity index is 1020. The fraction of sp³-hybridized carbons (Fsp3) is 0.882.